The molecule has 2 rings (SSSR count). The van der Waals surface area contributed by atoms with Crippen LogP contribution in [0.4, 0.5) is 0 Å². The largest absolute Gasteiger partial charge is 0.460 e. The van der Waals surface area contributed by atoms with Crippen LogP contribution in [0, 0.1) is 12.8 Å². The predicted octanol–water partition coefficient (Wildman–Crippen LogP) is 2.27. The number of carbonyl (C=O) groups excluding carboxylic acids is 2. The number of amidine groups is 1. The van der Waals surface area contributed by atoms with E-state index in [2.05, 4.69) is 10.3 Å². The minimum Gasteiger partial charge on any atom is -0.460 e. The fourth-order valence-electron chi connectivity index (χ4n) is 3.17. The highest BCUT2D eigenvalue weighted by Gasteiger charge is 2.34. The molecule has 0 bridgehead atoms. The highest BCUT2D eigenvalue weighted by molar-refractivity contribution is 6.03. The summed E-state index contributed by atoms with van der Waals surface area (Å²) in [6.07, 6.45) is 4.84. The Morgan fingerprint density at radius 1 is 1.41 bits per heavy atom. The summed E-state index contributed by atoms with van der Waals surface area (Å²) in [5.74, 6) is 0.532. The van der Waals surface area contributed by atoms with Crippen molar-refractivity contribution in [3.8, 4) is 5.75 Å². The van der Waals surface area contributed by atoms with E-state index in [0.717, 1.165) is 5.56 Å². The van der Waals surface area contributed by atoms with Crippen LogP contribution in [0.5, 0.6) is 5.75 Å². The number of hydrogen-bond acceptors (Lipinski definition) is 5. The molecule has 8 nitrogen and oxygen atoms in total. The summed E-state index contributed by atoms with van der Waals surface area (Å²) in [6.45, 7) is 9.76. The average molecular weight is 443 g/mol. The van der Waals surface area contributed by atoms with Gasteiger partial charge in [-0.2, -0.15) is 4.99 Å². The summed E-state index contributed by atoms with van der Waals surface area (Å²) >= 11 is 0. The molecule has 0 spiro atoms. The van der Waals surface area contributed by atoms with Gasteiger partial charge in [0.25, 0.3) is 11.8 Å². The van der Waals surface area contributed by atoms with Crippen molar-refractivity contribution in [2.75, 3.05) is 13.1 Å². The molecule has 0 fully saturated rings. The third-order valence-electron chi connectivity index (χ3n) is 4.63. The summed E-state index contributed by atoms with van der Waals surface area (Å²) in [4.78, 5) is 31.0. The van der Waals surface area contributed by atoms with Gasteiger partial charge in [0, 0.05) is 18.8 Å². The second kappa shape index (κ2) is 10.9. The zero-order chi connectivity index (χ0) is 23.9. The van der Waals surface area contributed by atoms with Gasteiger partial charge < -0.3 is 25.8 Å². The van der Waals surface area contributed by atoms with Crippen LogP contribution in [0.2, 0.25) is 0 Å². The highest BCUT2D eigenvalue weighted by Crippen LogP contribution is 2.23. The summed E-state index contributed by atoms with van der Waals surface area (Å²) < 4.78 is 5.85. The standard InChI is InChI=1S/C24H34N4O4/c1-16(2)11-20(23(30)27-21(25)9-10-26-15-24(4,5)31)28-14-19(13-22(28)29)32-18-8-6-7-17(3)12-18/h6-10,12-13,16,20,26,31H,11,14-15H2,1-5H3,(H2,25,27,30)/b10-9-. The van der Waals surface area contributed by atoms with E-state index in [0.29, 0.717) is 24.5 Å². The van der Waals surface area contributed by atoms with Crippen LogP contribution in [0.3, 0.4) is 0 Å². The van der Waals surface area contributed by atoms with E-state index in [1.807, 2.05) is 45.0 Å². The number of ether oxygens (including phenoxy) is 1. The lowest BCUT2D eigenvalue weighted by molar-refractivity contribution is -0.134. The molecule has 0 saturated carbocycles. The molecule has 1 aliphatic heterocycles. The van der Waals surface area contributed by atoms with E-state index in [4.69, 9.17) is 10.5 Å². The second-order valence-corrected chi connectivity index (χ2v) is 9.04. The molecule has 0 radical (unpaired) electrons. The number of nitrogens with zero attached hydrogens (tertiary/aromatic N) is 2. The monoisotopic (exact) mass is 442 g/mol. The molecule has 1 heterocycles. The summed E-state index contributed by atoms with van der Waals surface area (Å²) in [7, 11) is 0. The number of amides is 2. The zero-order valence-electron chi connectivity index (χ0n) is 19.5. The molecule has 1 aromatic carbocycles. The van der Waals surface area contributed by atoms with Crippen LogP contribution in [-0.2, 0) is 9.59 Å². The van der Waals surface area contributed by atoms with Crippen LogP contribution in [0.1, 0.15) is 39.7 Å². The number of nitrogens with one attached hydrogen (secondary N) is 1. The molecule has 32 heavy (non-hydrogen) atoms. The Hall–Kier alpha value is -3.13. The third kappa shape index (κ3) is 8.19. The normalized spacial score (nSPS) is 16.0. The van der Waals surface area contributed by atoms with Crippen molar-refractivity contribution >= 4 is 17.6 Å². The van der Waals surface area contributed by atoms with Gasteiger partial charge in [-0.1, -0.05) is 26.0 Å². The van der Waals surface area contributed by atoms with Crippen molar-refractivity contribution < 1.29 is 19.4 Å². The highest BCUT2D eigenvalue weighted by atomic mass is 16.5. The van der Waals surface area contributed by atoms with Crippen molar-refractivity contribution in [2.45, 2.75) is 52.7 Å². The van der Waals surface area contributed by atoms with Gasteiger partial charge in [-0.25, -0.2) is 0 Å². The molecule has 4 N–H and O–H groups in total. The number of hydrogen-bond donors (Lipinski definition) is 3. The Balaban J connectivity index is 2.08. The molecule has 1 aliphatic rings. The Kier molecular flexibility index (Phi) is 8.60. The van der Waals surface area contributed by atoms with E-state index >= 15 is 0 Å². The molecular formula is C24H34N4O4. The Morgan fingerprint density at radius 2 is 2.12 bits per heavy atom. The lowest BCUT2D eigenvalue weighted by atomic mass is 10.0. The maximum atomic E-state index is 12.9. The van der Waals surface area contributed by atoms with Gasteiger partial charge in [0.05, 0.1) is 12.1 Å². The average Bonchev–Trinajstić information content (AvgIpc) is 3.02. The van der Waals surface area contributed by atoms with E-state index in [9.17, 15) is 14.7 Å². The van der Waals surface area contributed by atoms with Gasteiger partial charge >= 0.3 is 0 Å². The SMILES string of the molecule is Cc1cccc(OC2=CC(=O)N(C(CC(C)C)C(=O)N=C(N)/C=C\NCC(C)(C)O)C2)c1. The van der Waals surface area contributed by atoms with Crippen molar-refractivity contribution in [1.82, 2.24) is 10.2 Å². The molecule has 0 aromatic heterocycles. The van der Waals surface area contributed by atoms with Crippen molar-refractivity contribution in [2.24, 2.45) is 16.6 Å². The van der Waals surface area contributed by atoms with Gasteiger partial charge in [-0.3, -0.25) is 9.59 Å². The molecule has 0 saturated heterocycles. The number of nitrogens with two attached hydrogens (primary N) is 1. The number of aliphatic hydroxyl groups is 1. The van der Waals surface area contributed by atoms with Gasteiger partial charge in [0.15, 0.2) is 0 Å². The Morgan fingerprint density at radius 3 is 2.75 bits per heavy atom. The number of aryl methyl sites for hydroxylation is 1. The summed E-state index contributed by atoms with van der Waals surface area (Å²) in [5, 5.41) is 12.6. The number of benzene rings is 1. The first-order chi connectivity index (χ1) is 14.9. The van der Waals surface area contributed by atoms with Gasteiger partial charge in [-0.15, -0.1) is 0 Å². The Labute approximate surface area is 189 Å². The van der Waals surface area contributed by atoms with Crippen molar-refractivity contribution in [3.63, 3.8) is 0 Å². The number of aliphatic imine (C=N–C) groups is 1. The lowest BCUT2D eigenvalue weighted by Crippen LogP contribution is -2.43. The number of carbonyl (C=O) groups is 2. The van der Waals surface area contributed by atoms with E-state index in [-0.39, 0.29) is 24.2 Å². The maximum absolute atomic E-state index is 12.9. The fraction of sp³-hybridized carbons (Fsp3) is 0.458. The molecule has 0 aliphatic carbocycles. The Bertz CT molecular complexity index is 913. The van der Waals surface area contributed by atoms with E-state index < -0.39 is 17.6 Å². The van der Waals surface area contributed by atoms with Gasteiger partial charge in [0.1, 0.15) is 23.4 Å². The van der Waals surface area contributed by atoms with Crippen LogP contribution >= 0.6 is 0 Å². The topological polar surface area (TPSA) is 117 Å². The quantitative estimate of drug-likeness (QED) is 0.378. The van der Waals surface area contributed by atoms with Crippen LogP contribution in [-0.4, -0.2) is 52.4 Å². The maximum Gasteiger partial charge on any atom is 0.270 e. The van der Waals surface area contributed by atoms with Crippen molar-refractivity contribution in [1.29, 1.82) is 0 Å². The van der Waals surface area contributed by atoms with E-state index in [1.54, 1.807) is 13.8 Å². The van der Waals surface area contributed by atoms with Crippen LogP contribution in [0.25, 0.3) is 0 Å². The number of rotatable bonds is 10. The smallest absolute Gasteiger partial charge is 0.270 e. The first-order valence-corrected chi connectivity index (χ1v) is 10.7. The molecule has 2 amide bonds. The minimum absolute atomic E-state index is 0.0165. The molecule has 8 heteroatoms. The van der Waals surface area contributed by atoms with Crippen LogP contribution in [0.15, 0.2) is 53.4 Å². The van der Waals surface area contributed by atoms with Gasteiger partial charge in [-0.05, 0) is 56.9 Å². The minimum atomic E-state index is -0.879. The van der Waals surface area contributed by atoms with E-state index in [1.165, 1.54) is 23.3 Å². The zero-order valence-corrected chi connectivity index (χ0v) is 19.5. The lowest BCUT2D eigenvalue weighted by Gasteiger charge is -2.26. The predicted molar refractivity (Wildman–Crippen MR) is 125 cm³/mol. The second-order valence-electron chi connectivity index (χ2n) is 9.04. The molecule has 1 aromatic rings. The summed E-state index contributed by atoms with van der Waals surface area (Å²) in [6, 6.07) is 6.80. The third-order valence-corrected chi connectivity index (χ3v) is 4.63. The van der Waals surface area contributed by atoms with Crippen LogP contribution < -0.4 is 15.8 Å². The summed E-state index contributed by atoms with van der Waals surface area (Å²) in [5.41, 5.74) is 6.04. The molecule has 1 unspecified atom stereocenters. The van der Waals surface area contributed by atoms with Gasteiger partial charge in [0.2, 0.25) is 0 Å². The molecule has 174 valence electrons. The molecular weight excluding hydrogens is 408 g/mol. The fourth-order valence-corrected chi connectivity index (χ4v) is 3.17. The first-order valence-electron chi connectivity index (χ1n) is 10.7. The molecule has 1 atom stereocenters. The van der Waals surface area contributed by atoms with Crippen molar-refractivity contribution in [3.05, 3.63) is 53.9 Å². The first kappa shape index (κ1) is 25.1.